The largest absolute Gasteiger partial charge is 0.446 e. The molecular formula is C37H41ClN6O3. The minimum absolute atomic E-state index is 0.101. The molecule has 1 saturated carbocycles. The number of rotatable bonds is 6. The molecule has 2 fully saturated rings. The van der Waals surface area contributed by atoms with Crippen LogP contribution in [0.3, 0.4) is 0 Å². The van der Waals surface area contributed by atoms with Crippen LogP contribution in [0.1, 0.15) is 71.9 Å². The van der Waals surface area contributed by atoms with E-state index >= 15 is 0 Å². The van der Waals surface area contributed by atoms with Crippen molar-refractivity contribution < 1.29 is 14.3 Å². The first-order valence-corrected chi connectivity index (χ1v) is 17.1. The van der Waals surface area contributed by atoms with E-state index in [9.17, 15) is 9.59 Å². The fraction of sp³-hybridized carbons (Fsp3) is 0.405. The Kier molecular flexibility index (Phi) is 9.27. The van der Waals surface area contributed by atoms with Crippen molar-refractivity contribution in [2.75, 3.05) is 25.0 Å². The number of benzene rings is 2. The first kappa shape index (κ1) is 31.4. The van der Waals surface area contributed by atoms with Gasteiger partial charge in [0.1, 0.15) is 18.0 Å². The predicted octanol–water partition coefficient (Wildman–Crippen LogP) is 6.57. The van der Waals surface area contributed by atoms with Gasteiger partial charge in [-0.2, -0.15) is 0 Å². The molecule has 1 aliphatic heterocycles. The highest BCUT2D eigenvalue weighted by Crippen LogP contribution is 2.38. The number of piperazine rings is 1. The quantitative estimate of drug-likeness (QED) is 0.253. The molecule has 2 aromatic carbocycles. The van der Waals surface area contributed by atoms with Gasteiger partial charge in [0.05, 0.1) is 11.7 Å². The number of nitrogens with one attached hydrogen (secondary N) is 1. The molecular weight excluding hydrogens is 612 g/mol. The summed E-state index contributed by atoms with van der Waals surface area (Å²) in [5, 5.41) is 3.85. The van der Waals surface area contributed by atoms with Crippen molar-refractivity contribution in [3.05, 3.63) is 112 Å². The molecule has 0 spiro atoms. The van der Waals surface area contributed by atoms with Crippen LogP contribution in [0.15, 0.2) is 73.2 Å². The van der Waals surface area contributed by atoms with Gasteiger partial charge >= 0.3 is 6.09 Å². The number of amides is 2. The number of halogens is 1. The second kappa shape index (κ2) is 13.9. The molecule has 3 heterocycles. The lowest BCUT2D eigenvalue weighted by Crippen LogP contribution is -2.60. The van der Waals surface area contributed by atoms with Gasteiger partial charge in [0, 0.05) is 55.5 Å². The Morgan fingerprint density at radius 2 is 1.81 bits per heavy atom. The lowest BCUT2D eigenvalue weighted by molar-refractivity contribution is -0.123. The Hall–Kier alpha value is -4.21. The fourth-order valence-corrected chi connectivity index (χ4v) is 7.56. The first-order valence-electron chi connectivity index (χ1n) is 16.7. The molecule has 2 aromatic heterocycles. The Bertz CT molecular complexity index is 1750. The normalized spacial score (nSPS) is 20.2. The second-order valence-corrected chi connectivity index (χ2v) is 13.4. The maximum absolute atomic E-state index is 14.3. The molecule has 2 atom stereocenters. The van der Waals surface area contributed by atoms with Gasteiger partial charge in [-0.25, -0.2) is 9.78 Å². The number of imidazole rings is 1. The van der Waals surface area contributed by atoms with Gasteiger partial charge in [-0.3, -0.25) is 19.6 Å². The van der Waals surface area contributed by atoms with Crippen molar-refractivity contribution in [2.45, 2.75) is 76.6 Å². The SMILES string of the molecule is Cc1nccn1Cc1cccc(NC(=O)[C@H]2CN([C@H]3c4ccc(Cl)cc4CCc4cccnc43)CCN2C(=O)OC2CCCCC2)c1. The van der Waals surface area contributed by atoms with E-state index in [4.69, 9.17) is 21.3 Å². The minimum Gasteiger partial charge on any atom is -0.446 e. The van der Waals surface area contributed by atoms with Crippen molar-refractivity contribution >= 4 is 29.3 Å². The Morgan fingerprint density at radius 1 is 0.957 bits per heavy atom. The van der Waals surface area contributed by atoms with Crippen molar-refractivity contribution in [1.82, 2.24) is 24.3 Å². The molecule has 2 aliphatic carbocycles. The summed E-state index contributed by atoms with van der Waals surface area (Å²) in [4.78, 5) is 41.1. The van der Waals surface area contributed by atoms with Crippen LogP contribution in [0.5, 0.6) is 0 Å². The molecule has 0 bridgehead atoms. The number of carbonyl (C=O) groups is 2. The maximum atomic E-state index is 14.3. The van der Waals surface area contributed by atoms with Crippen molar-refractivity contribution in [3.8, 4) is 0 Å². The standard InChI is InChI=1S/C37H41ClN6O3/c1-25-39-17-18-42(25)23-26-7-5-9-30(21-26)41-36(45)33-24-43(19-20-44(33)37(46)47-31-10-3-2-4-11-31)35-32-15-14-29(38)22-28(32)13-12-27-8-6-16-40-34(27)35/h5-9,14-18,21-22,31,33,35H,2-4,10-13,19-20,23-24H2,1H3,(H,41,45)/t33-,35+/m1/s1. The van der Waals surface area contributed by atoms with Crippen molar-refractivity contribution in [3.63, 3.8) is 0 Å². The molecule has 9 nitrogen and oxygen atoms in total. The van der Waals surface area contributed by atoms with E-state index in [2.05, 4.69) is 38.0 Å². The maximum Gasteiger partial charge on any atom is 0.410 e. The molecule has 244 valence electrons. The number of carbonyl (C=O) groups excluding carboxylic acids is 2. The van der Waals surface area contributed by atoms with Crippen LogP contribution in [0.4, 0.5) is 10.5 Å². The van der Waals surface area contributed by atoms with Crippen LogP contribution < -0.4 is 5.32 Å². The molecule has 0 radical (unpaired) electrons. The molecule has 1 N–H and O–H groups in total. The number of pyridine rings is 1. The zero-order valence-corrected chi connectivity index (χ0v) is 27.5. The third-order valence-corrected chi connectivity index (χ3v) is 10.1. The number of hydrogen-bond acceptors (Lipinski definition) is 6. The van der Waals surface area contributed by atoms with Gasteiger partial charge in [-0.1, -0.05) is 42.3 Å². The van der Waals surface area contributed by atoms with E-state index in [0.29, 0.717) is 36.9 Å². The topological polar surface area (TPSA) is 92.6 Å². The third-order valence-electron chi connectivity index (χ3n) is 9.85. The monoisotopic (exact) mass is 652 g/mol. The molecule has 1 saturated heterocycles. The number of aryl methyl sites for hydroxylation is 3. The van der Waals surface area contributed by atoms with E-state index in [1.807, 2.05) is 55.7 Å². The van der Waals surface area contributed by atoms with Crippen molar-refractivity contribution in [1.29, 1.82) is 0 Å². The summed E-state index contributed by atoms with van der Waals surface area (Å²) < 4.78 is 8.09. The highest BCUT2D eigenvalue weighted by Gasteiger charge is 2.41. The number of ether oxygens (including phenoxy) is 1. The Balaban J connectivity index is 1.18. The van der Waals surface area contributed by atoms with Crippen LogP contribution >= 0.6 is 11.6 Å². The van der Waals surface area contributed by atoms with E-state index in [1.165, 1.54) is 17.5 Å². The van der Waals surface area contributed by atoms with E-state index in [-0.39, 0.29) is 18.1 Å². The van der Waals surface area contributed by atoms with Gasteiger partial charge in [0.2, 0.25) is 5.91 Å². The molecule has 7 rings (SSSR count). The number of aromatic nitrogens is 3. The van der Waals surface area contributed by atoms with E-state index in [1.54, 1.807) is 11.1 Å². The first-order chi connectivity index (χ1) is 22.9. The summed E-state index contributed by atoms with van der Waals surface area (Å²) in [6.45, 7) is 3.89. The zero-order valence-electron chi connectivity index (χ0n) is 26.8. The van der Waals surface area contributed by atoms with Crippen LogP contribution in [0.2, 0.25) is 5.02 Å². The smallest absolute Gasteiger partial charge is 0.410 e. The van der Waals surface area contributed by atoms with Crippen LogP contribution in [-0.2, 0) is 28.9 Å². The lowest BCUT2D eigenvalue weighted by atomic mass is 9.95. The summed E-state index contributed by atoms with van der Waals surface area (Å²) in [6, 6.07) is 17.1. The number of nitrogens with zero attached hydrogens (tertiary/aromatic N) is 5. The predicted molar refractivity (Wildman–Crippen MR) is 181 cm³/mol. The zero-order chi connectivity index (χ0) is 32.3. The number of fused-ring (bicyclic) bond motifs is 2. The summed E-state index contributed by atoms with van der Waals surface area (Å²) in [6.07, 6.45) is 11.8. The van der Waals surface area contributed by atoms with Crippen LogP contribution in [-0.4, -0.2) is 68.1 Å². The fourth-order valence-electron chi connectivity index (χ4n) is 7.37. The highest BCUT2D eigenvalue weighted by molar-refractivity contribution is 6.30. The summed E-state index contributed by atoms with van der Waals surface area (Å²) in [7, 11) is 0. The van der Waals surface area contributed by atoms with Gasteiger partial charge in [0.15, 0.2) is 0 Å². The lowest BCUT2D eigenvalue weighted by Gasteiger charge is -2.43. The second-order valence-electron chi connectivity index (χ2n) is 12.9. The van der Waals surface area contributed by atoms with Gasteiger partial charge in [-0.15, -0.1) is 0 Å². The Morgan fingerprint density at radius 3 is 2.64 bits per heavy atom. The summed E-state index contributed by atoms with van der Waals surface area (Å²) in [5.74, 6) is 0.685. The van der Waals surface area contributed by atoms with E-state index in [0.717, 1.165) is 61.2 Å². The average Bonchev–Trinajstić information content (AvgIpc) is 3.41. The van der Waals surface area contributed by atoms with Gasteiger partial charge in [-0.05, 0) is 98.0 Å². The summed E-state index contributed by atoms with van der Waals surface area (Å²) in [5.41, 5.74) is 6.24. The molecule has 2 amide bonds. The highest BCUT2D eigenvalue weighted by atomic mass is 35.5. The number of hydrogen-bond donors (Lipinski definition) is 1. The van der Waals surface area contributed by atoms with Gasteiger partial charge in [0.25, 0.3) is 0 Å². The molecule has 4 aromatic rings. The molecule has 10 heteroatoms. The average molecular weight is 653 g/mol. The van der Waals surface area contributed by atoms with Crippen LogP contribution in [0, 0.1) is 6.92 Å². The molecule has 47 heavy (non-hydrogen) atoms. The summed E-state index contributed by atoms with van der Waals surface area (Å²) >= 11 is 6.46. The van der Waals surface area contributed by atoms with Crippen molar-refractivity contribution in [2.24, 2.45) is 0 Å². The van der Waals surface area contributed by atoms with E-state index < -0.39 is 12.1 Å². The van der Waals surface area contributed by atoms with Crippen LogP contribution in [0.25, 0.3) is 0 Å². The molecule has 0 unspecified atom stereocenters. The minimum atomic E-state index is -0.759. The number of anilines is 1. The third kappa shape index (κ3) is 6.92. The Labute approximate surface area is 280 Å². The van der Waals surface area contributed by atoms with Gasteiger partial charge < -0.3 is 14.6 Å². The molecule has 3 aliphatic rings.